The van der Waals surface area contributed by atoms with Gasteiger partial charge in [-0.05, 0) is 43.2 Å². The van der Waals surface area contributed by atoms with E-state index < -0.39 is 0 Å². The van der Waals surface area contributed by atoms with Gasteiger partial charge in [0.05, 0.1) is 15.6 Å². The van der Waals surface area contributed by atoms with Gasteiger partial charge in [0.15, 0.2) is 4.96 Å². The zero-order valence-corrected chi connectivity index (χ0v) is 13.4. The molecule has 0 unspecified atom stereocenters. The molecule has 0 spiro atoms. The fourth-order valence-corrected chi connectivity index (χ4v) is 3.67. The zero-order chi connectivity index (χ0) is 16.1. The van der Waals surface area contributed by atoms with Crippen molar-refractivity contribution >= 4 is 33.4 Å². The normalized spacial score (nSPS) is 12.6. The average Bonchev–Trinajstić information content (AvgIpc) is 3.04. The first-order valence-electron chi connectivity index (χ1n) is 7.23. The van der Waals surface area contributed by atoms with E-state index in [4.69, 9.17) is 0 Å². The van der Waals surface area contributed by atoms with Gasteiger partial charge in [0, 0.05) is 5.56 Å². The van der Waals surface area contributed by atoms with E-state index in [0.29, 0.717) is 15.1 Å². The molecule has 114 valence electrons. The second-order valence-electron chi connectivity index (χ2n) is 5.54. The van der Waals surface area contributed by atoms with E-state index in [9.17, 15) is 9.18 Å². The number of hydrogen-bond acceptors (Lipinski definition) is 3. The van der Waals surface area contributed by atoms with Crippen LogP contribution in [-0.4, -0.2) is 9.38 Å². The van der Waals surface area contributed by atoms with Crippen molar-refractivity contribution in [3.63, 3.8) is 0 Å². The maximum absolute atomic E-state index is 13.8. The summed E-state index contributed by atoms with van der Waals surface area (Å²) in [6, 6.07) is 10.3. The molecule has 0 aliphatic heterocycles. The van der Waals surface area contributed by atoms with Crippen LogP contribution in [-0.2, 0) is 0 Å². The van der Waals surface area contributed by atoms with Crippen LogP contribution in [0.1, 0.15) is 16.7 Å². The summed E-state index contributed by atoms with van der Waals surface area (Å²) in [6.07, 6.45) is 1.59. The molecule has 2 aromatic heterocycles. The second kappa shape index (κ2) is 4.99. The van der Waals surface area contributed by atoms with Gasteiger partial charge in [0.1, 0.15) is 5.82 Å². The first-order chi connectivity index (χ1) is 11.1. The molecular formula is C18H13FN2OS. The van der Waals surface area contributed by atoms with Crippen molar-refractivity contribution in [2.45, 2.75) is 13.8 Å². The Kier molecular flexibility index (Phi) is 3.06. The lowest BCUT2D eigenvalue weighted by molar-refractivity contribution is 0.625. The predicted octanol–water partition coefficient (Wildman–Crippen LogP) is 3.21. The van der Waals surface area contributed by atoms with E-state index in [0.717, 1.165) is 22.2 Å². The first-order valence-corrected chi connectivity index (χ1v) is 8.05. The van der Waals surface area contributed by atoms with Crippen LogP contribution < -0.4 is 10.1 Å². The van der Waals surface area contributed by atoms with Gasteiger partial charge in [0.2, 0.25) is 0 Å². The quantitative estimate of drug-likeness (QED) is 0.539. The number of aromatic nitrogens is 2. The zero-order valence-electron chi connectivity index (χ0n) is 12.6. The highest BCUT2D eigenvalue weighted by Gasteiger charge is 2.13. The Balaban J connectivity index is 2.05. The number of aryl methyl sites for hydroxylation is 2. The highest BCUT2D eigenvalue weighted by molar-refractivity contribution is 7.15. The summed E-state index contributed by atoms with van der Waals surface area (Å²) in [7, 11) is 0. The summed E-state index contributed by atoms with van der Waals surface area (Å²) in [5.41, 5.74) is 4.14. The summed E-state index contributed by atoms with van der Waals surface area (Å²) >= 11 is 1.28. The molecule has 2 heterocycles. The van der Waals surface area contributed by atoms with E-state index in [2.05, 4.69) is 4.98 Å². The van der Waals surface area contributed by atoms with Gasteiger partial charge >= 0.3 is 0 Å². The highest BCUT2D eigenvalue weighted by atomic mass is 32.1. The second-order valence-corrected chi connectivity index (χ2v) is 6.55. The van der Waals surface area contributed by atoms with E-state index in [-0.39, 0.29) is 11.4 Å². The Labute approximate surface area is 135 Å². The molecule has 4 rings (SSSR count). The number of fused-ring (bicyclic) bond motifs is 3. The minimum Gasteiger partial charge on any atom is -0.267 e. The molecule has 0 radical (unpaired) electrons. The molecule has 0 aliphatic carbocycles. The van der Waals surface area contributed by atoms with Gasteiger partial charge < -0.3 is 0 Å². The van der Waals surface area contributed by atoms with Crippen molar-refractivity contribution < 1.29 is 4.39 Å². The SMILES string of the molecule is Cc1ccc2c(nc3s/c(=C/c4ccccc4F)c(=O)n32)c1C. The molecule has 0 amide bonds. The third-order valence-electron chi connectivity index (χ3n) is 4.13. The van der Waals surface area contributed by atoms with E-state index in [1.165, 1.54) is 17.4 Å². The molecule has 4 aromatic rings. The van der Waals surface area contributed by atoms with Gasteiger partial charge in [-0.3, -0.25) is 4.79 Å². The van der Waals surface area contributed by atoms with Crippen LogP contribution in [0.25, 0.3) is 22.1 Å². The number of nitrogens with zero attached hydrogens (tertiary/aromatic N) is 2. The van der Waals surface area contributed by atoms with Crippen LogP contribution in [0.2, 0.25) is 0 Å². The Morgan fingerprint density at radius 3 is 2.74 bits per heavy atom. The van der Waals surface area contributed by atoms with Gasteiger partial charge in [-0.25, -0.2) is 13.8 Å². The van der Waals surface area contributed by atoms with Crippen molar-refractivity contribution in [2.24, 2.45) is 0 Å². The number of rotatable bonds is 1. The van der Waals surface area contributed by atoms with Crippen LogP contribution >= 0.6 is 11.3 Å². The lowest BCUT2D eigenvalue weighted by atomic mass is 10.1. The first kappa shape index (κ1) is 14.1. The van der Waals surface area contributed by atoms with Crippen molar-refractivity contribution in [1.29, 1.82) is 0 Å². The van der Waals surface area contributed by atoms with Gasteiger partial charge in [-0.1, -0.05) is 35.6 Å². The lowest BCUT2D eigenvalue weighted by Gasteiger charge is -1.99. The molecule has 0 saturated heterocycles. The molecule has 0 aliphatic rings. The minimum atomic E-state index is -0.339. The number of imidazole rings is 1. The number of hydrogen-bond donors (Lipinski definition) is 0. The molecule has 23 heavy (non-hydrogen) atoms. The van der Waals surface area contributed by atoms with Crippen molar-refractivity contribution in [1.82, 2.24) is 9.38 Å². The Morgan fingerprint density at radius 1 is 1.17 bits per heavy atom. The van der Waals surface area contributed by atoms with Gasteiger partial charge in [-0.2, -0.15) is 0 Å². The smallest absolute Gasteiger partial charge is 0.267 e. The molecule has 5 heteroatoms. The largest absolute Gasteiger partial charge is 0.274 e. The van der Waals surface area contributed by atoms with Crippen LogP contribution in [0.3, 0.4) is 0 Å². The van der Waals surface area contributed by atoms with Crippen LogP contribution in [0.15, 0.2) is 41.2 Å². The number of thiazole rings is 1. The summed E-state index contributed by atoms with van der Waals surface area (Å²) in [6.45, 7) is 4.03. The van der Waals surface area contributed by atoms with Crippen molar-refractivity contribution in [2.75, 3.05) is 0 Å². The molecule has 0 bridgehead atoms. The lowest BCUT2D eigenvalue weighted by Crippen LogP contribution is -2.22. The Bertz CT molecular complexity index is 1170. The Morgan fingerprint density at radius 2 is 1.96 bits per heavy atom. The molecule has 0 N–H and O–H groups in total. The maximum atomic E-state index is 13.8. The fourth-order valence-electron chi connectivity index (χ4n) is 2.70. The third-order valence-corrected chi connectivity index (χ3v) is 5.10. The number of halogens is 1. The van der Waals surface area contributed by atoms with Crippen molar-refractivity contribution in [3.8, 4) is 0 Å². The molecule has 0 fully saturated rings. The van der Waals surface area contributed by atoms with E-state index in [1.807, 2.05) is 26.0 Å². The molecule has 2 aromatic carbocycles. The third kappa shape index (κ3) is 2.08. The molecule has 0 saturated carbocycles. The van der Waals surface area contributed by atoms with Gasteiger partial charge in [-0.15, -0.1) is 0 Å². The molecular weight excluding hydrogens is 311 g/mol. The topological polar surface area (TPSA) is 34.4 Å². The van der Waals surface area contributed by atoms with Gasteiger partial charge in [0.25, 0.3) is 5.56 Å². The predicted molar refractivity (Wildman–Crippen MR) is 91.5 cm³/mol. The molecule has 0 atom stereocenters. The van der Waals surface area contributed by atoms with Crippen LogP contribution in [0, 0.1) is 19.7 Å². The van der Waals surface area contributed by atoms with E-state index >= 15 is 0 Å². The summed E-state index contributed by atoms with van der Waals surface area (Å²) in [5.74, 6) is -0.339. The van der Waals surface area contributed by atoms with Crippen LogP contribution in [0.4, 0.5) is 4.39 Å². The van der Waals surface area contributed by atoms with Crippen LogP contribution in [0.5, 0.6) is 0 Å². The van der Waals surface area contributed by atoms with Crippen molar-refractivity contribution in [3.05, 3.63) is 73.8 Å². The maximum Gasteiger partial charge on any atom is 0.274 e. The van der Waals surface area contributed by atoms with E-state index in [1.54, 1.807) is 28.7 Å². The average molecular weight is 324 g/mol. The fraction of sp³-hybridized carbons (Fsp3) is 0.111. The molecule has 3 nitrogen and oxygen atoms in total. The summed E-state index contributed by atoms with van der Waals surface area (Å²) in [5, 5.41) is 0. The Hall–Kier alpha value is -2.53. The summed E-state index contributed by atoms with van der Waals surface area (Å²) in [4.78, 5) is 17.9. The minimum absolute atomic E-state index is 0.154. The summed E-state index contributed by atoms with van der Waals surface area (Å²) < 4.78 is 15.9. The monoisotopic (exact) mass is 324 g/mol. The standard InChI is InChI=1S/C18H13FN2OS/c1-10-7-8-14-16(11(10)2)20-18-21(14)17(22)15(23-18)9-12-5-3-4-6-13(12)19/h3-9H,1-2H3/b15-9+. The highest BCUT2D eigenvalue weighted by Crippen LogP contribution is 2.22. The number of benzene rings is 2.